The predicted molar refractivity (Wildman–Crippen MR) is 90.1 cm³/mol. The van der Waals surface area contributed by atoms with E-state index in [0.717, 1.165) is 30.6 Å². The molecular formula is C18H26ClNO2. The van der Waals surface area contributed by atoms with Crippen molar-refractivity contribution in [3.63, 3.8) is 0 Å². The summed E-state index contributed by atoms with van der Waals surface area (Å²) < 4.78 is 11.9. The summed E-state index contributed by atoms with van der Waals surface area (Å²) in [6.45, 7) is 5.70. The van der Waals surface area contributed by atoms with Gasteiger partial charge in [-0.2, -0.15) is 0 Å². The Labute approximate surface area is 138 Å². The molecule has 4 heteroatoms. The van der Waals surface area contributed by atoms with Crippen LogP contribution in [0.15, 0.2) is 6.07 Å². The molecule has 1 aliphatic carbocycles. The molecule has 2 aliphatic rings. The molecule has 0 amide bonds. The van der Waals surface area contributed by atoms with Crippen LogP contribution >= 0.6 is 11.6 Å². The summed E-state index contributed by atoms with van der Waals surface area (Å²) in [5.41, 5.74) is 8.87. The maximum atomic E-state index is 6.81. The molecule has 0 atom stereocenters. The van der Waals surface area contributed by atoms with Gasteiger partial charge in [-0.15, -0.1) is 0 Å². The normalized spacial score (nSPS) is 20.8. The Balaban J connectivity index is 2.17. The van der Waals surface area contributed by atoms with Crippen LogP contribution in [0, 0.1) is 0 Å². The summed E-state index contributed by atoms with van der Waals surface area (Å²) >= 11 is 6.52. The topological polar surface area (TPSA) is 44.5 Å². The van der Waals surface area contributed by atoms with Gasteiger partial charge in [0.05, 0.1) is 18.2 Å². The first-order valence-electron chi connectivity index (χ1n) is 8.44. The lowest BCUT2D eigenvalue weighted by atomic mass is 9.74. The van der Waals surface area contributed by atoms with Crippen LogP contribution in [-0.2, 0) is 5.54 Å². The Bertz CT molecular complexity index is 551. The number of rotatable bonds is 2. The minimum atomic E-state index is -0.286. The summed E-state index contributed by atoms with van der Waals surface area (Å²) in [6, 6.07) is 2.04. The van der Waals surface area contributed by atoms with Crippen molar-refractivity contribution in [2.45, 2.75) is 63.8 Å². The summed E-state index contributed by atoms with van der Waals surface area (Å²) in [5.74, 6) is 1.85. The maximum Gasteiger partial charge on any atom is 0.180 e. The van der Waals surface area contributed by atoms with E-state index in [0.29, 0.717) is 29.9 Å². The SMILES string of the molecule is CC(C)c1c(C2(N)CCCCC2)cc(Cl)c2c1OCCCO2. The van der Waals surface area contributed by atoms with E-state index in [9.17, 15) is 0 Å². The molecule has 1 aliphatic heterocycles. The van der Waals surface area contributed by atoms with Gasteiger partial charge in [0.1, 0.15) is 0 Å². The molecule has 1 heterocycles. The Morgan fingerprint density at radius 2 is 1.68 bits per heavy atom. The van der Waals surface area contributed by atoms with Crippen molar-refractivity contribution in [3.8, 4) is 11.5 Å². The van der Waals surface area contributed by atoms with E-state index >= 15 is 0 Å². The quantitative estimate of drug-likeness (QED) is 0.854. The summed E-state index contributed by atoms with van der Waals surface area (Å²) in [5, 5.41) is 0.631. The highest BCUT2D eigenvalue weighted by Crippen LogP contribution is 2.49. The molecule has 1 fully saturated rings. The number of hydrogen-bond acceptors (Lipinski definition) is 3. The number of benzene rings is 1. The van der Waals surface area contributed by atoms with Crippen LogP contribution in [0.4, 0.5) is 0 Å². The molecule has 0 bridgehead atoms. The Hall–Kier alpha value is -0.930. The smallest absolute Gasteiger partial charge is 0.180 e. The largest absolute Gasteiger partial charge is 0.489 e. The van der Waals surface area contributed by atoms with Gasteiger partial charge >= 0.3 is 0 Å². The first-order chi connectivity index (χ1) is 10.5. The molecule has 1 aromatic carbocycles. The highest BCUT2D eigenvalue weighted by atomic mass is 35.5. The minimum absolute atomic E-state index is 0.286. The van der Waals surface area contributed by atoms with Crippen LogP contribution in [0.3, 0.4) is 0 Å². The summed E-state index contributed by atoms with van der Waals surface area (Å²) in [6.07, 6.45) is 6.55. The van der Waals surface area contributed by atoms with Gasteiger partial charge in [0, 0.05) is 17.5 Å². The lowest BCUT2D eigenvalue weighted by Crippen LogP contribution is -2.39. The van der Waals surface area contributed by atoms with Crippen molar-refractivity contribution in [2.24, 2.45) is 5.73 Å². The van der Waals surface area contributed by atoms with Gasteiger partial charge in [0.2, 0.25) is 0 Å². The average Bonchev–Trinajstić information content (AvgIpc) is 2.73. The van der Waals surface area contributed by atoms with Gasteiger partial charge in [-0.3, -0.25) is 0 Å². The van der Waals surface area contributed by atoms with Crippen molar-refractivity contribution >= 4 is 11.6 Å². The van der Waals surface area contributed by atoms with Crippen LogP contribution in [0.5, 0.6) is 11.5 Å². The number of nitrogens with two attached hydrogens (primary N) is 1. The van der Waals surface area contributed by atoms with Gasteiger partial charge in [-0.1, -0.05) is 44.7 Å². The third kappa shape index (κ3) is 2.81. The van der Waals surface area contributed by atoms with Gasteiger partial charge < -0.3 is 15.2 Å². The third-order valence-corrected chi connectivity index (χ3v) is 5.15. The Morgan fingerprint density at radius 3 is 2.32 bits per heavy atom. The lowest BCUT2D eigenvalue weighted by molar-refractivity contribution is 0.289. The molecule has 1 saturated carbocycles. The highest BCUT2D eigenvalue weighted by Gasteiger charge is 2.35. The first-order valence-corrected chi connectivity index (χ1v) is 8.82. The molecule has 0 aromatic heterocycles. The van der Waals surface area contributed by atoms with E-state index < -0.39 is 0 Å². The van der Waals surface area contributed by atoms with Crippen molar-refractivity contribution in [1.29, 1.82) is 0 Å². The van der Waals surface area contributed by atoms with Crippen molar-refractivity contribution < 1.29 is 9.47 Å². The van der Waals surface area contributed by atoms with Crippen molar-refractivity contribution in [1.82, 2.24) is 0 Å². The fourth-order valence-electron chi connectivity index (χ4n) is 3.75. The molecule has 22 heavy (non-hydrogen) atoms. The molecular weight excluding hydrogens is 298 g/mol. The monoisotopic (exact) mass is 323 g/mol. The second-order valence-corrected chi connectivity index (χ2v) is 7.31. The number of ether oxygens (including phenoxy) is 2. The van der Waals surface area contributed by atoms with Crippen LogP contribution in [0.25, 0.3) is 0 Å². The van der Waals surface area contributed by atoms with E-state index in [1.54, 1.807) is 0 Å². The fraction of sp³-hybridized carbons (Fsp3) is 0.667. The molecule has 3 nitrogen and oxygen atoms in total. The number of hydrogen-bond donors (Lipinski definition) is 1. The van der Waals surface area contributed by atoms with Gasteiger partial charge in [-0.25, -0.2) is 0 Å². The van der Waals surface area contributed by atoms with E-state index in [-0.39, 0.29) is 5.54 Å². The molecule has 3 rings (SSSR count). The van der Waals surface area contributed by atoms with Gasteiger partial charge in [0.25, 0.3) is 0 Å². The zero-order valence-electron chi connectivity index (χ0n) is 13.6. The second kappa shape index (κ2) is 6.29. The summed E-state index contributed by atoms with van der Waals surface area (Å²) in [4.78, 5) is 0. The number of fused-ring (bicyclic) bond motifs is 1. The molecule has 0 saturated heterocycles. The fourth-order valence-corrected chi connectivity index (χ4v) is 3.99. The van der Waals surface area contributed by atoms with E-state index in [4.69, 9.17) is 26.8 Å². The molecule has 122 valence electrons. The minimum Gasteiger partial charge on any atom is -0.489 e. The van der Waals surface area contributed by atoms with E-state index in [2.05, 4.69) is 13.8 Å². The highest BCUT2D eigenvalue weighted by molar-refractivity contribution is 6.32. The van der Waals surface area contributed by atoms with Crippen molar-refractivity contribution in [3.05, 3.63) is 22.2 Å². The average molecular weight is 324 g/mol. The molecule has 0 unspecified atom stereocenters. The standard InChI is InChI=1S/C18H26ClNO2/c1-12(2)15-13(18(20)7-4-3-5-8-18)11-14(19)16-17(15)22-10-6-9-21-16/h11-12H,3-10,20H2,1-2H3. The zero-order valence-corrected chi connectivity index (χ0v) is 14.3. The second-order valence-electron chi connectivity index (χ2n) is 6.90. The van der Waals surface area contributed by atoms with Crippen LogP contribution in [0.2, 0.25) is 5.02 Å². The predicted octanol–water partition coefficient (Wildman–Crippen LogP) is 4.74. The molecule has 2 N–H and O–H groups in total. The lowest BCUT2D eigenvalue weighted by Gasteiger charge is -2.37. The number of halogens is 1. The van der Waals surface area contributed by atoms with Crippen molar-refractivity contribution in [2.75, 3.05) is 13.2 Å². The van der Waals surface area contributed by atoms with Crippen LogP contribution in [0.1, 0.15) is 69.4 Å². The van der Waals surface area contributed by atoms with Crippen LogP contribution in [-0.4, -0.2) is 13.2 Å². The molecule has 1 aromatic rings. The molecule has 0 radical (unpaired) electrons. The summed E-state index contributed by atoms with van der Waals surface area (Å²) in [7, 11) is 0. The van der Waals surface area contributed by atoms with E-state index in [1.807, 2.05) is 6.07 Å². The van der Waals surface area contributed by atoms with E-state index in [1.165, 1.54) is 24.8 Å². The first kappa shape index (κ1) is 15.9. The zero-order chi connectivity index (χ0) is 15.7. The molecule has 0 spiro atoms. The Morgan fingerprint density at radius 1 is 1.05 bits per heavy atom. The van der Waals surface area contributed by atoms with Gasteiger partial charge in [0.15, 0.2) is 11.5 Å². The third-order valence-electron chi connectivity index (χ3n) is 4.87. The van der Waals surface area contributed by atoms with Gasteiger partial charge in [-0.05, 0) is 30.4 Å². The van der Waals surface area contributed by atoms with Crippen LogP contribution < -0.4 is 15.2 Å². The Kier molecular flexibility index (Phi) is 4.56. The maximum absolute atomic E-state index is 6.81.